The van der Waals surface area contributed by atoms with Gasteiger partial charge in [0.2, 0.25) is 0 Å². The lowest BCUT2D eigenvalue weighted by atomic mass is 10.3. The summed E-state index contributed by atoms with van der Waals surface area (Å²) in [6, 6.07) is 10.3. The largest absolute Gasteiger partial charge is 0.392 e. The Morgan fingerprint density at radius 3 is 2.54 bits per heavy atom. The number of thioether (sulfide) groups is 1. The molecule has 2 rings (SSSR count). The molecule has 1 nitrogen and oxygen atoms in total. The molecule has 1 saturated carbocycles. The van der Waals surface area contributed by atoms with Gasteiger partial charge in [-0.05, 0) is 31.4 Å². The molecule has 70 valence electrons. The minimum absolute atomic E-state index is 0.0924. The van der Waals surface area contributed by atoms with Crippen LogP contribution < -0.4 is 0 Å². The number of aliphatic hydroxyl groups excluding tert-OH is 1. The van der Waals surface area contributed by atoms with Gasteiger partial charge in [-0.3, -0.25) is 0 Å². The first-order valence-electron chi connectivity index (χ1n) is 4.76. The molecule has 0 bridgehead atoms. The van der Waals surface area contributed by atoms with Crippen molar-refractivity contribution in [2.24, 2.45) is 0 Å². The second-order valence-electron chi connectivity index (χ2n) is 3.47. The van der Waals surface area contributed by atoms with Gasteiger partial charge in [0, 0.05) is 10.1 Å². The molecule has 13 heavy (non-hydrogen) atoms. The van der Waals surface area contributed by atoms with E-state index in [1.54, 1.807) is 0 Å². The van der Waals surface area contributed by atoms with E-state index in [0.29, 0.717) is 5.25 Å². The molecule has 0 unspecified atom stereocenters. The highest BCUT2D eigenvalue weighted by Gasteiger charge is 2.25. The number of aliphatic hydroxyl groups is 1. The van der Waals surface area contributed by atoms with Gasteiger partial charge in [0.1, 0.15) is 0 Å². The Morgan fingerprint density at radius 1 is 1.15 bits per heavy atom. The third-order valence-corrected chi connectivity index (χ3v) is 3.85. The van der Waals surface area contributed by atoms with Crippen molar-refractivity contribution < 1.29 is 5.11 Å². The van der Waals surface area contributed by atoms with Crippen LogP contribution in [0.25, 0.3) is 0 Å². The number of hydrogen-bond acceptors (Lipinski definition) is 2. The van der Waals surface area contributed by atoms with Crippen LogP contribution in [0.3, 0.4) is 0 Å². The summed E-state index contributed by atoms with van der Waals surface area (Å²) in [5, 5.41) is 10.0. The maximum Gasteiger partial charge on any atom is 0.0662 e. The molecule has 1 aliphatic carbocycles. The van der Waals surface area contributed by atoms with E-state index >= 15 is 0 Å². The molecule has 0 aromatic heterocycles. The third-order valence-electron chi connectivity index (χ3n) is 2.45. The molecule has 1 N–H and O–H groups in total. The van der Waals surface area contributed by atoms with Crippen LogP contribution in [0, 0.1) is 0 Å². The lowest BCUT2D eigenvalue weighted by Crippen LogP contribution is -2.14. The molecular formula is C11H14OS. The third kappa shape index (κ3) is 2.26. The Labute approximate surface area is 83.2 Å². The number of rotatable bonds is 2. The molecule has 0 amide bonds. The summed E-state index contributed by atoms with van der Waals surface area (Å²) in [6.45, 7) is 0. The molecule has 2 heteroatoms. The van der Waals surface area contributed by atoms with Crippen molar-refractivity contribution in [3.63, 3.8) is 0 Å². The fourth-order valence-electron chi connectivity index (χ4n) is 1.72. The highest BCUT2D eigenvalue weighted by Crippen LogP contribution is 2.34. The Bertz CT molecular complexity index is 260. The zero-order valence-corrected chi connectivity index (χ0v) is 8.33. The van der Waals surface area contributed by atoms with Gasteiger partial charge in [0.05, 0.1) is 6.10 Å². The fraction of sp³-hybridized carbons (Fsp3) is 0.455. The molecule has 1 aliphatic rings. The van der Waals surface area contributed by atoms with Crippen molar-refractivity contribution in [1.82, 2.24) is 0 Å². The zero-order chi connectivity index (χ0) is 9.10. The Hall–Kier alpha value is -0.470. The van der Waals surface area contributed by atoms with E-state index in [1.807, 2.05) is 30.0 Å². The molecule has 1 fully saturated rings. The van der Waals surface area contributed by atoms with Crippen molar-refractivity contribution >= 4 is 11.8 Å². The molecule has 1 aromatic carbocycles. The van der Waals surface area contributed by atoms with Crippen molar-refractivity contribution in [1.29, 1.82) is 0 Å². The van der Waals surface area contributed by atoms with Crippen LogP contribution in [0.15, 0.2) is 35.2 Å². The van der Waals surface area contributed by atoms with Crippen molar-refractivity contribution in [2.75, 3.05) is 0 Å². The van der Waals surface area contributed by atoms with Crippen molar-refractivity contribution in [3.05, 3.63) is 30.3 Å². The average molecular weight is 194 g/mol. The highest BCUT2D eigenvalue weighted by atomic mass is 32.2. The second kappa shape index (κ2) is 4.16. The van der Waals surface area contributed by atoms with Crippen molar-refractivity contribution in [2.45, 2.75) is 35.5 Å². The summed E-state index contributed by atoms with van der Waals surface area (Å²) in [4.78, 5) is 1.27. The van der Waals surface area contributed by atoms with Crippen LogP contribution in [-0.2, 0) is 0 Å². The first kappa shape index (κ1) is 9.10. The first-order chi connectivity index (χ1) is 6.36. The Morgan fingerprint density at radius 2 is 1.92 bits per heavy atom. The molecule has 1 aromatic rings. The van der Waals surface area contributed by atoms with E-state index in [2.05, 4.69) is 12.1 Å². The smallest absolute Gasteiger partial charge is 0.0662 e. The van der Waals surface area contributed by atoms with E-state index in [1.165, 1.54) is 11.3 Å². The summed E-state index contributed by atoms with van der Waals surface area (Å²) >= 11 is 1.81. The minimum atomic E-state index is -0.0924. The predicted octanol–water partition coefficient (Wildman–Crippen LogP) is 2.69. The van der Waals surface area contributed by atoms with Crippen LogP contribution in [0.4, 0.5) is 0 Å². The molecule has 2 atom stereocenters. The molecule has 0 saturated heterocycles. The Kier molecular flexibility index (Phi) is 2.91. The van der Waals surface area contributed by atoms with Gasteiger partial charge in [-0.1, -0.05) is 18.2 Å². The predicted molar refractivity (Wildman–Crippen MR) is 55.9 cm³/mol. The minimum Gasteiger partial charge on any atom is -0.392 e. The summed E-state index contributed by atoms with van der Waals surface area (Å²) in [5.41, 5.74) is 0. The Balaban J connectivity index is 1.98. The topological polar surface area (TPSA) is 20.2 Å². The van der Waals surface area contributed by atoms with E-state index in [4.69, 9.17) is 0 Å². The quantitative estimate of drug-likeness (QED) is 0.781. The van der Waals surface area contributed by atoms with Gasteiger partial charge in [-0.25, -0.2) is 0 Å². The van der Waals surface area contributed by atoms with Gasteiger partial charge in [-0.15, -0.1) is 11.8 Å². The highest BCUT2D eigenvalue weighted by molar-refractivity contribution is 8.00. The van der Waals surface area contributed by atoms with Gasteiger partial charge in [0.25, 0.3) is 0 Å². The number of hydrogen-bond donors (Lipinski definition) is 1. The van der Waals surface area contributed by atoms with Crippen LogP contribution >= 0.6 is 11.8 Å². The lowest BCUT2D eigenvalue weighted by molar-refractivity contribution is 0.188. The van der Waals surface area contributed by atoms with Gasteiger partial charge >= 0.3 is 0 Å². The van der Waals surface area contributed by atoms with Gasteiger partial charge < -0.3 is 5.11 Å². The SMILES string of the molecule is O[C@@H]1CCC[C@@H]1Sc1ccccc1. The molecule has 0 spiro atoms. The zero-order valence-electron chi connectivity index (χ0n) is 7.52. The van der Waals surface area contributed by atoms with E-state index in [9.17, 15) is 5.11 Å². The molecule has 0 aliphatic heterocycles. The molecule has 0 heterocycles. The summed E-state index contributed by atoms with van der Waals surface area (Å²) in [6.07, 6.45) is 3.21. The van der Waals surface area contributed by atoms with E-state index < -0.39 is 0 Å². The van der Waals surface area contributed by atoms with Crippen LogP contribution in [-0.4, -0.2) is 16.5 Å². The maximum atomic E-state index is 9.63. The van der Waals surface area contributed by atoms with Crippen LogP contribution in [0.5, 0.6) is 0 Å². The lowest BCUT2D eigenvalue weighted by Gasteiger charge is -2.13. The van der Waals surface area contributed by atoms with Crippen LogP contribution in [0.1, 0.15) is 19.3 Å². The van der Waals surface area contributed by atoms with Crippen LogP contribution in [0.2, 0.25) is 0 Å². The second-order valence-corrected chi connectivity index (χ2v) is 4.78. The van der Waals surface area contributed by atoms with E-state index in [-0.39, 0.29) is 6.10 Å². The standard InChI is InChI=1S/C11H14OS/c12-10-7-4-8-11(10)13-9-5-2-1-3-6-9/h1-3,5-6,10-12H,4,7-8H2/t10-,11+/m1/s1. The molecular weight excluding hydrogens is 180 g/mol. The van der Waals surface area contributed by atoms with Crippen molar-refractivity contribution in [3.8, 4) is 0 Å². The van der Waals surface area contributed by atoms with Gasteiger partial charge in [-0.2, -0.15) is 0 Å². The summed E-state index contributed by atoms with van der Waals surface area (Å²) < 4.78 is 0. The number of benzene rings is 1. The maximum absolute atomic E-state index is 9.63. The van der Waals surface area contributed by atoms with Gasteiger partial charge in [0.15, 0.2) is 0 Å². The summed E-state index contributed by atoms with van der Waals surface area (Å²) in [5.74, 6) is 0. The monoisotopic (exact) mass is 194 g/mol. The van der Waals surface area contributed by atoms with E-state index in [0.717, 1.165) is 12.8 Å². The summed E-state index contributed by atoms with van der Waals surface area (Å²) in [7, 11) is 0. The molecule has 0 radical (unpaired) electrons. The fourth-order valence-corrected chi connectivity index (χ4v) is 2.96. The first-order valence-corrected chi connectivity index (χ1v) is 5.64. The average Bonchev–Trinajstić information content (AvgIpc) is 2.54. The normalized spacial score (nSPS) is 27.8.